The molecule has 3 N–H and O–H groups in total. The number of benzene rings is 1. The van der Waals surface area contributed by atoms with Crippen LogP contribution in [0.15, 0.2) is 41.2 Å². The molecule has 1 aromatic heterocycles. The van der Waals surface area contributed by atoms with Gasteiger partial charge in [-0.2, -0.15) is 9.97 Å². The Kier molecular flexibility index (Phi) is 9.22. The monoisotopic (exact) mass is 546 g/mol. The van der Waals surface area contributed by atoms with E-state index in [0.717, 1.165) is 55.4 Å². The molecule has 5 heterocycles. The van der Waals surface area contributed by atoms with Gasteiger partial charge in [-0.05, 0) is 77.2 Å². The summed E-state index contributed by atoms with van der Waals surface area (Å²) in [4.78, 5) is 21.6. The lowest BCUT2D eigenvalue weighted by atomic mass is 10.0. The smallest absolute Gasteiger partial charge is 0.318 e. The number of piperazine rings is 1. The Labute approximate surface area is 239 Å². The average molecular weight is 547 g/mol. The number of amidine groups is 1. The molecular formula is C31H46N8O. The quantitative estimate of drug-likeness (QED) is 0.435. The Morgan fingerprint density at radius 1 is 1.12 bits per heavy atom. The van der Waals surface area contributed by atoms with Crippen LogP contribution < -0.4 is 20.7 Å². The van der Waals surface area contributed by atoms with E-state index in [2.05, 4.69) is 65.2 Å². The molecule has 2 bridgehead atoms. The lowest BCUT2D eigenvalue weighted by Gasteiger charge is -2.37. The van der Waals surface area contributed by atoms with Crippen LogP contribution in [0, 0.1) is 6.92 Å². The Balaban J connectivity index is 0.000000477. The number of rotatable bonds is 5. The lowest BCUT2D eigenvalue weighted by molar-refractivity contribution is 0.354. The van der Waals surface area contributed by atoms with Gasteiger partial charge in [0.15, 0.2) is 0 Å². The maximum absolute atomic E-state index is 6.26. The fourth-order valence-corrected chi connectivity index (χ4v) is 6.27. The van der Waals surface area contributed by atoms with Crippen LogP contribution in [0.1, 0.15) is 61.4 Å². The normalized spacial score (nSPS) is 23.1. The number of nitrogens with two attached hydrogens (primary N) is 1. The highest BCUT2D eigenvalue weighted by molar-refractivity contribution is 6.00. The zero-order valence-corrected chi connectivity index (χ0v) is 24.7. The highest BCUT2D eigenvalue weighted by Gasteiger charge is 2.35. The number of nitrogens with zero attached hydrogens (tertiary/aromatic N) is 6. The van der Waals surface area contributed by atoms with Crippen molar-refractivity contribution in [2.24, 2.45) is 10.7 Å². The molecule has 1 aromatic carbocycles. The maximum Gasteiger partial charge on any atom is 0.318 e. The molecular weight excluding hydrogens is 500 g/mol. The maximum atomic E-state index is 6.26. The minimum Gasteiger partial charge on any atom is -0.467 e. The summed E-state index contributed by atoms with van der Waals surface area (Å²) in [6.45, 7) is 10.3. The lowest BCUT2D eigenvalue weighted by Crippen LogP contribution is -2.52. The number of hydrogen-bond donors (Lipinski definition) is 2. The highest BCUT2D eigenvalue weighted by atomic mass is 16.5. The molecule has 0 spiro atoms. The van der Waals surface area contributed by atoms with Crippen LogP contribution in [0.25, 0.3) is 0 Å². The second kappa shape index (κ2) is 13.0. The SMILES string of the molecule is CC/C=C(N)/N=C(\c1ccccc1C)N1CCc2c(nc(OC)nc2N2CC3CCC(C2)N3)C1.CN1CCCC1. The Morgan fingerprint density at radius 3 is 2.48 bits per heavy atom. The summed E-state index contributed by atoms with van der Waals surface area (Å²) >= 11 is 0. The molecule has 3 fully saturated rings. The molecule has 0 amide bonds. The summed E-state index contributed by atoms with van der Waals surface area (Å²) in [5, 5.41) is 3.72. The number of aryl methyl sites for hydroxylation is 1. The number of allylic oxidation sites excluding steroid dienone is 1. The van der Waals surface area contributed by atoms with Crippen molar-refractivity contribution >= 4 is 11.7 Å². The number of likely N-dealkylation sites (tertiary alicyclic amines) is 1. The molecule has 2 unspecified atom stereocenters. The zero-order chi connectivity index (χ0) is 28.1. The number of anilines is 1. The van der Waals surface area contributed by atoms with Gasteiger partial charge in [-0.15, -0.1) is 0 Å². The third-order valence-electron chi connectivity index (χ3n) is 8.38. The average Bonchev–Trinajstić information content (AvgIpc) is 3.58. The van der Waals surface area contributed by atoms with E-state index in [4.69, 9.17) is 25.4 Å². The topological polar surface area (TPSA) is 95.1 Å². The molecule has 4 aliphatic rings. The zero-order valence-electron chi connectivity index (χ0n) is 24.7. The standard InChI is InChI=1S/C26H35N7O.C5H11N/c1-4-7-23(27)30-24(20-9-6-5-8-17(20)2)32-13-12-21-22(16-32)29-26(34-3)31-25(21)33-14-18-10-11-19(15-33)28-18;1-6-4-2-3-5-6/h5-9,18-19,28H,4,10-16,27H2,1-3H3;2-5H2,1H3/b23-7+,30-24+;. The molecule has 9 nitrogen and oxygen atoms in total. The summed E-state index contributed by atoms with van der Waals surface area (Å²) in [6, 6.07) is 9.86. The third kappa shape index (κ3) is 6.58. The van der Waals surface area contributed by atoms with Gasteiger partial charge in [-0.1, -0.05) is 31.2 Å². The van der Waals surface area contributed by atoms with Crippen LogP contribution in [0.3, 0.4) is 0 Å². The van der Waals surface area contributed by atoms with Crippen molar-refractivity contribution in [2.75, 3.05) is 51.8 Å². The van der Waals surface area contributed by atoms with E-state index in [1.807, 2.05) is 6.08 Å². The highest BCUT2D eigenvalue weighted by Crippen LogP contribution is 2.32. The molecule has 9 heteroatoms. The molecule has 4 aliphatic heterocycles. The van der Waals surface area contributed by atoms with E-state index in [1.165, 1.54) is 49.9 Å². The summed E-state index contributed by atoms with van der Waals surface area (Å²) in [6.07, 6.45) is 8.96. The van der Waals surface area contributed by atoms with E-state index in [9.17, 15) is 0 Å². The number of aromatic nitrogens is 2. The van der Waals surface area contributed by atoms with Crippen molar-refractivity contribution in [3.05, 3.63) is 58.5 Å². The van der Waals surface area contributed by atoms with Crippen LogP contribution in [0.2, 0.25) is 0 Å². The number of fused-ring (bicyclic) bond motifs is 3. The number of methoxy groups -OCH3 is 1. The third-order valence-corrected chi connectivity index (χ3v) is 8.38. The molecule has 0 aliphatic carbocycles. The van der Waals surface area contributed by atoms with Gasteiger partial charge < -0.3 is 30.5 Å². The first-order valence-corrected chi connectivity index (χ1v) is 14.9. The number of nitrogens with one attached hydrogen (secondary N) is 1. The molecule has 6 rings (SSSR count). The van der Waals surface area contributed by atoms with Crippen molar-refractivity contribution < 1.29 is 4.74 Å². The van der Waals surface area contributed by atoms with E-state index >= 15 is 0 Å². The van der Waals surface area contributed by atoms with Gasteiger partial charge in [0.2, 0.25) is 0 Å². The van der Waals surface area contributed by atoms with Gasteiger partial charge in [0.1, 0.15) is 17.5 Å². The summed E-state index contributed by atoms with van der Waals surface area (Å²) in [7, 11) is 3.82. The second-order valence-electron chi connectivity index (χ2n) is 11.5. The van der Waals surface area contributed by atoms with Crippen LogP contribution in [-0.2, 0) is 13.0 Å². The predicted octanol–water partition coefficient (Wildman–Crippen LogP) is 3.46. The first kappa shape index (κ1) is 28.4. The van der Waals surface area contributed by atoms with Crippen molar-refractivity contribution in [3.8, 4) is 6.01 Å². The Bertz CT molecular complexity index is 1210. The number of ether oxygens (including phenoxy) is 1. The van der Waals surface area contributed by atoms with Gasteiger partial charge >= 0.3 is 6.01 Å². The van der Waals surface area contributed by atoms with E-state index < -0.39 is 0 Å². The minimum atomic E-state index is 0.432. The van der Waals surface area contributed by atoms with E-state index in [0.29, 0.717) is 30.5 Å². The van der Waals surface area contributed by atoms with Crippen LogP contribution in [-0.4, -0.2) is 84.6 Å². The second-order valence-corrected chi connectivity index (χ2v) is 11.5. The first-order valence-electron chi connectivity index (χ1n) is 14.9. The van der Waals surface area contributed by atoms with Gasteiger partial charge in [-0.3, -0.25) is 0 Å². The molecule has 0 saturated carbocycles. The molecule has 0 radical (unpaired) electrons. The minimum absolute atomic E-state index is 0.432. The van der Waals surface area contributed by atoms with Gasteiger partial charge in [-0.25, -0.2) is 4.99 Å². The summed E-state index contributed by atoms with van der Waals surface area (Å²) < 4.78 is 5.53. The van der Waals surface area contributed by atoms with Gasteiger partial charge in [0.25, 0.3) is 0 Å². The van der Waals surface area contributed by atoms with Crippen LogP contribution >= 0.6 is 0 Å². The van der Waals surface area contributed by atoms with Crippen molar-refractivity contribution in [1.82, 2.24) is 25.1 Å². The van der Waals surface area contributed by atoms with Crippen LogP contribution in [0.5, 0.6) is 6.01 Å². The summed E-state index contributed by atoms with van der Waals surface area (Å²) in [5.41, 5.74) is 10.8. The van der Waals surface area contributed by atoms with Gasteiger partial charge in [0, 0.05) is 42.8 Å². The molecule has 40 heavy (non-hydrogen) atoms. The number of aliphatic imine (C=N–C) groups is 1. The predicted molar refractivity (Wildman–Crippen MR) is 162 cm³/mol. The Hall–Kier alpha value is -3.17. The molecule has 216 valence electrons. The van der Waals surface area contributed by atoms with Crippen LogP contribution in [0.4, 0.5) is 5.82 Å². The van der Waals surface area contributed by atoms with Crippen molar-refractivity contribution in [2.45, 2.75) is 71.0 Å². The summed E-state index contributed by atoms with van der Waals surface area (Å²) in [5.74, 6) is 2.48. The largest absolute Gasteiger partial charge is 0.467 e. The fourth-order valence-electron chi connectivity index (χ4n) is 6.27. The molecule has 2 aromatic rings. The Morgan fingerprint density at radius 2 is 1.85 bits per heavy atom. The molecule has 3 saturated heterocycles. The molecule has 2 atom stereocenters. The first-order chi connectivity index (χ1) is 19.4. The fraction of sp³-hybridized carbons (Fsp3) is 0.581. The van der Waals surface area contributed by atoms with E-state index in [1.54, 1.807) is 7.11 Å². The van der Waals surface area contributed by atoms with Gasteiger partial charge in [0.05, 0.1) is 19.3 Å². The van der Waals surface area contributed by atoms with Crippen molar-refractivity contribution in [1.29, 1.82) is 0 Å². The van der Waals surface area contributed by atoms with Crippen molar-refractivity contribution in [3.63, 3.8) is 0 Å². The van der Waals surface area contributed by atoms with E-state index in [-0.39, 0.29) is 0 Å². The number of hydrogen-bond acceptors (Lipinski definition) is 8.